The standard InChI is InChI=1S/C23H21N5O2S/c1-16-6-5-9-19(12-16)25-21(29)15-31-23-27-26-20-11-10-18(14-28(20)23)22(30)24-13-17-7-3-2-4-8-17/h2-12,14H,13,15H2,1H3,(H,24,30)(H,25,29). The first-order valence-electron chi connectivity index (χ1n) is 9.75. The number of amides is 2. The largest absolute Gasteiger partial charge is 0.348 e. The van der Waals surface area contributed by atoms with E-state index in [1.807, 2.05) is 61.5 Å². The van der Waals surface area contributed by atoms with Crippen LogP contribution in [-0.4, -0.2) is 32.2 Å². The van der Waals surface area contributed by atoms with E-state index in [1.165, 1.54) is 11.8 Å². The molecule has 2 aromatic heterocycles. The number of benzene rings is 2. The lowest BCUT2D eigenvalue weighted by molar-refractivity contribution is -0.113. The molecule has 7 nitrogen and oxygen atoms in total. The third kappa shape index (κ3) is 5.29. The Morgan fingerprint density at radius 1 is 1.00 bits per heavy atom. The first-order valence-corrected chi connectivity index (χ1v) is 10.7. The van der Waals surface area contributed by atoms with E-state index in [4.69, 9.17) is 0 Å². The lowest BCUT2D eigenvalue weighted by Crippen LogP contribution is -2.23. The first-order chi connectivity index (χ1) is 15.1. The van der Waals surface area contributed by atoms with Gasteiger partial charge in [-0.25, -0.2) is 0 Å². The molecule has 4 rings (SSSR count). The normalized spacial score (nSPS) is 10.7. The second-order valence-electron chi connectivity index (χ2n) is 7.00. The summed E-state index contributed by atoms with van der Waals surface area (Å²) < 4.78 is 1.72. The predicted octanol–water partition coefficient (Wildman–Crippen LogP) is 3.70. The summed E-state index contributed by atoms with van der Waals surface area (Å²) in [4.78, 5) is 24.9. The minimum Gasteiger partial charge on any atom is -0.348 e. The number of aromatic nitrogens is 3. The third-order valence-electron chi connectivity index (χ3n) is 4.56. The Labute approximate surface area is 183 Å². The summed E-state index contributed by atoms with van der Waals surface area (Å²) in [6.07, 6.45) is 1.69. The van der Waals surface area contributed by atoms with Gasteiger partial charge in [0.2, 0.25) is 5.91 Å². The highest BCUT2D eigenvalue weighted by Gasteiger charge is 2.13. The lowest BCUT2D eigenvalue weighted by atomic mass is 10.2. The third-order valence-corrected chi connectivity index (χ3v) is 5.51. The van der Waals surface area contributed by atoms with Crippen LogP contribution in [0.3, 0.4) is 0 Å². The fourth-order valence-electron chi connectivity index (χ4n) is 3.03. The number of hydrogen-bond donors (Lipinski definition) is 2. The van der Waals surface area contributed by atoms with Gasteiger partial charge in [0, 0.05) is 18.4 Å². The number of aryl methyl sites for hydroxylation is 1. The van der Waals surface area contributed by atoms with Crippen molar-refractivity contribution < 1.29 is 9.59 Å². The van der Waals surface area contributed by atoms with Crippen LogP contribution >= 0.6 is 11.8 Å². The van der Waals surface area contributed by atoms with Crippen LogP contribution in [0.15, 0.2) is 78.1 Å². The van der Waals surface area contributed by atoms with Crippen LogP contribution in [0.4, 0.5) is 5.69 Å². The van der Waals surface area contributed by atoms with Gasteiger partial charge in [-0.2, -0.15) is 0 Å². The van der Waals surface area contributed by atoms with Crippen molar-refractivity contribution in [3.05, 3.63) is 89.6 Å². The summed E-state index contributed by atoms with van der Waals surface area (Å²) in [6.45, 7) is 2.42. The zero-order chi connectivity index (χ0) is 21.6. The van der Waals surface area contributed by atoms with E-state index < -0.39 is 0 Å². The van der Waals surface area contributed by atoms with Crippen LogP contribution in [-0.2, 0) is 11.3 Å². The molecule has 2 aromatic carbocycles. The van der Waals surface area contributed by atoms with Gasteiger partial charge in [-0.15, -0.1) is 10.2 Å². The van der Waals surface area contributed by atoms with E-state index in [0.717, 1.165) is 16.8 Å². The van der Waals surface area contributed by atoms with Crippen molar-refractivity contribution in [2.24, 2.45) is 0 Å². The van der Waals surface area contributed by atoms with Gasteiger partial charge in [-0.3, -0.25) is 14.0 Å². The van der Waals surface area contributed by atoms with Gasteiger partial charge < -0.3 is 10.6 Å². The van der Waals surface area contributed by atoms with E-state index in [1.54, 1.807) is 22.7 Å². The number of fused-ring (bicyclic) bond motifs is 1. The molecule has 0 aliphatic rings. The van der Waals surface area contributed by atoms with Crippen molar-refractivity contribution in [3.8, 4) is 0 Å². The fourth-order valence-corrected chi connectivity index (χ4v) is 3.75. The Balaban J connectivity index is 1.40. The molecule has 0 aliphatic carbocycles. The lowest BCUT2D eigenvalue weighted by Gasteiger charge is -2.07. The maximum absolute atomic E-state index is 12.6. The molecule has 0 saturated heterocycles. The number of carbonyl (C=O) groups is 2. The molecular weight excluding hydrogens is 410 g/mol. The highest BCUT2D eigenvalue weighted by Crippen LogP contribution is 2.19. The van der Waals surface area contributed by atoms with Crippen molar-refractivity contribution in [2.45, 2.75) is 18.6 Å². The maximum Gasteiger partial charge on any atom is 0.253 e. The maximum atomic E-state index is 12.6. The summed E-state index contributed by atoms with van der Waals surface area (Å²) in [6, 6.07) is 20.8. The van der Waals surface area contributed by atoms with Crippen molar-refractivity contribution in [3.63, 3.8) is 0 Å². The SMILES string of the molecule is Cc1cccc(NC(=O)CSc2nnc3ccc(C(=O)NCc4ccccc4)cn23)c1. The fraction of sp³-hybridized carbons (Fsp3) is 0.130. The van der Waals surface area contributed by atoms with Gasteiger partial charge in [0.05, 0.1) is 11.3 Å². The summed E-state index contributed by atoms with van der Waals surface area (Å²) in [5.41, 5.74) is 3.97. The molecular formula is C23H21N5O2S. The average Bonchev–Trinajstić information content (AvgIpc) is 3.19. The van der Waals surface area contributed by atoms with Gasteiger partial charge in [0.25, 0.3) is 5.91 Å². The van der Waals surface area contributed by atoms with Gasteiger partial charge >= 0.3 is 0 Å². The molecule has 0 atom stereocenters. The number of rotatable bonds is 7. The van der Waals surface area contributed by atoms with E-state index in [0.29, 0.717) is 22.9 Å². The van der Waals surface area contributed by atoms with Crippen LogP contribution in [0.5, 0.6) is 0 Å². The Bertz CT molecular complexity index is 1220. The Morgan fingerprint density at radius 2 is 1.84 bits per heavy atom. The minimum atomic E-state index is -0.187. The highest BCUT2D eigenvalue weighted by molar-refractivity contribution is 7.99. The number of carbonyl (C=O) groups excluding carboxylic acids is 2. The smallest absolute Gasteiger partial charge is 0.253 e. The molecule has 0 radical (unpaired) electrons. The number of nitrogens with zero attached hydrogens (tertiary/aromatic N) is 3. The van der Waals surface area contributed by atoms with E-state index >= 15 is 0 Å². The second-order valence-corrected chi connectivity index (χ2v) is 7.95. The Morgan fingerprint density at radius 3 is 2.65 bits per heavy atom. The van der Waals surface area contributed by atoms with Crippen molar-refractivity contribution in [1.29, 1.82) is 0 Å². The Kier molecular flexibility index (Phi) is 6.28. The number of hydrogen-bond acceptors (Lipinski definition) is 5. The molecule has 31 heavy (non-hydrogen) atoms. The molecule has 0 aliphatic heterocycles. The molecule has 2 amide bonds. The second kappa shape index (κ2) is 9.44. The van der Waals surface area contributed by atoms with E-state index in [9.17, 15) is 9.59 Å². The Hall–Kier alpha value is -3.65. The van der Waals surface area contributed by atoms with Crippen LogP contribution in [0.25, 0.3) is 5.65 Å². The van der Waals surface area contributed by atoms with E-state index in [-0.39, 0.29) is 17.6 Å². The number of pyridine rings is 1. The molecule has 0 spiro atoms. The van der Waals surface area contributed by atoms with Gasteiger partial charge in [0.15, 0.2) is 10.8 Å². The van der Waals surface area contributed by atoms with Crippen molar-refractivity contribution in [1.82, 2.24) is 19.9 Å². The molecule has 0 bridgehead atoms. The predicted molar refractivity (Wildman–Crippen MR) is 121 cm³/mol. The zero-order valence-electron chi connectivity index (χ0n) is 16.9. The number of nitrogens with one attached hydrogen (secondary N) is 2. The molecule has 156 valence electrons. The summed E-state index contributed by atoms with van der Waals surface area (Å²) in [7, 11) is 0. The van der Waals surface area contributed by atoms with Gasteiger partial charge in [-0.1, -0.05) is 54.2 Å². The number of anilines is 1. The summed E-state index contributed by atoms with van der Waals surface area (Å²) in [5, 5.41) is 14.6. The van der Waals surface area contributed by atoms with Crippen LogP contribution in [0.2, 0.25) is 0 Å². The minimum absolute atomic E-state index is 0.135. The topological polar surface area (TPSA) is 88.4 Å². The molecule has 4 aromatic rings. The first kappa shape index (κ1) is 20.6. The number of thioether (sulfide) groups is 1. The molecule has 2 heterocycles. The van der Waals surface area contributed by atoms with Crippen molar-refractivity contribution in [2.75, 3.05) is 11.1 Å². The van der Waals surface area contributed by atoms with Crippen LogP contribution in [0, 0.1) is 6.92 Å². The molecule has 0 fully saturated rings. The van der Waals surface area contributed by atoms with Gasteiger partial charge in [0.1, 0.15) is 0 Å². The molecule has 0 saturated carbocycles. The monoisotopic (exact) mass is 431 g/mol. The molecule has 0 unspecified atom stereocenters. The van der Waals surface area contributed by atoms with E-state index in [2.05, 4.69) is 20.8 Å². The van der Waals surface area contributed by atoms with Crippen molar-refractivity contribution >= 4 is 34.9 Å². The zero-order valence-corrected chi connectivity index (χ0v) is 17.7. The summed E-state index contributed by atoms with van der Waals surface area (Å²) >= 11 is 1.26. The van der Waals surface area contributed by atoms with Crippen LogP contribution < -0.4 is 10.6 Å². The summed E-state index contributed by atoms with van der Waals surface area (Å²) in [5.74, 6) is -0.143. The highest BCUT2D eigenvalue weighted by atomic mass is 32.2. The molecule has 2 N–H and O–H groups in total. The van der Waals surface area contributed by atoms with Gasteiger partial charge in [-0.05, 0) is 42.3 Å². The average molecular weight is 432 g/mol. The molecule has 8 heteroatoms. The van der Waals surface area contributed by atoms with Crippen LogP contribution in [0.1, 0.15) is 21.5 Å². The quantitative estimate of drug-likeness (QED) is 0.436.